The Balaban J connectivity index is 1.25. The molecule has 6 rings (SSSR count). The van der Waals surface area contributed by atoms with Crippen molar-refractivity contribution in [2.24, 2.45) is 0 Å². The summed E-state index contributed by atoms with van der Waals surface area (Å²) in [6.45, 7) is 5.06. The van der Waals surface area contributed by atoms with Crippen LogP contribution >= 0.6 is 0 Å². The lowest BCUT2D eigenvalue weighted by atomic mass is 10.0. The van der Waals surface area contributed by atoms with Gasteiger partial charge in [0.25, 0.3) is 5.91 Å². The molecule has 0 spiro atoms. The Bertz CT molecular complexity index is 1360. The summed E-state index contributed by atoms with van der Waals surface area (Å²) in [5.41, 5.74) is 6.62. The Morgan fingerprint density at radius 2 is 1.76 bits per heavy atom. The zero-order valence-corrected chi connectivity index (χ0v) is 18.9. The lowest BCUT2D eigenvalue weighted by Crippen LogP contribution is -2.43. The zero-order chi connectivity index (χ0) is 23.1. The number of carbonyl (C=O) groups excluding carboxylic acids is 1. The van der Waals surface area contributed by atoms with Crippen LogP contribution in [0.2, 0.25) is 0 Å². The molecule has 4 aromatic rings. The third-order valence-electron chi connectivity index (χ3n) is 6.89. The molecule has 0 radical (unpaired) electrons. The van der Waals surface area contributed by atoms with Gasteiger partial charge in [-0.15, -0.1) is 0 Å². The van der Waals surface area contributed by atoms with E-state index < -0.39 is 0 Å². The molecule has 2 aliphatic rings. The van der Waals surface area contributed by atoms with Crippen LogP contribution in [-0.4, -0.2) is 52.3 Å². The lowest BCUT2D eigenvalue weighted by molar-refractivity contribution is 0.0748. The van der Waals surface area contributed by atoms with Crippen LogP contribution in [-0.2, 0) is 19.5 Å². The molecule has 1 saturated heterocycles. The van der Waals surface area contributed by atoms with Crippen LogP contribution in [0.5, 0.6) is 5.75 Å². The molecule has 0 saturated carbocycles. The molecule has 0 bridgehead atoms. The molecule has 0 unspecified atom stereocenters. The highest BCUT2D eigenvalue weighted by atomic mass is 16.3. The molecule has 0 aliphatic carbocycles. The number of aromatic nitrogens is 2. The Morgan fingerprint density at radius 3 is 2.59 bits per heavy atom. The summed E-state index contributed by atoms with van der Waals surface area (Å²) in [5, 5.41) is 22.3. The number of piperazine rings is 1. The molecule has 34 heavy (non-hydrogen) atoms. The van der Waals surface area contributed by atoms with E-state index in [1.165, 1.54) is 16.8 Å². The summed E-state index contributed by atoms with van der Waals surface area (Å²) in [6.07, 6.45) is 0.680. The van der Waals surface area contributed by atoms with Crippen molar-refractivity contribution in [2.75, 3.05) is 31.1 Å². The number of hydrogen-bond acceptors (Lipinski definition) is 5. The van der Waals surface area contributed by atoms with E-state index in [2.05, 4.69) is 50.7 Å². The van der Waals surface area contributed by atoms with Gasteiger partial charge in [-0.2, -0.15) is 5.10 Å². The van der Waals surface area contributed by atoms with Gasteiger partial charge in [0.1, 0.15) is 5.75 Å². The van der Waals surface area contributed by atoms with Crippen LogP contribution in [0, 0.1) is 0 Å². The van der Waals surface area contributed by atoms with Crippen LogP contribution in [0.15, 0.2) is 60.7 Å². The molecule has 7 nitrogen and oxygen atoms in total. The molecule has 3 N–H and O–H groups in total. The number of aromatic amines is 1. The number of amides is 1. The second kappa shape index (κ2) is 8.50. The summed E-state index contributed by atoms with van der Waals surface area (Å²) < 4.78 is 0. The first-order valence-corrected chi connectivity index (χ1v) is 11.8. The van der Waals surface area contributed by atoms with Crippen molar-refractivity contribution in [1.82, 2.24) is 20.4 Å². The number of hydrogen-bond donors (Lipinski definition) is 3. The molecule has 1 amide bonds. The summed E-state index contributed by atoms with van der Waals surface area (Å²) in [6, 6.07) is 20.0. The molecule has 1 fully saturated rings. The zero-order valence-electron chi connectivity index (χ0n) is 18.9. The van der Waals surface area contributed by atoms with E-state index in [9.17, 15) is 9.90 Å². The van der Waals surface area contributed by atoms with Gasteiger partial charge in [-0.25, -0.2) is 0 Å². The van der Waals surface area contributed by atoms with Crippen LogP contribution in [0.3, 0.4) is 0 Å². The maximum absolute atomic E-state index is 13.5. The van der Waals surface area contributed by atoms with Crippen molar-refractivity contribution in [3.05, 3.63) is 88.6 Å². The number of anilines is 1. The lowest BCUT2D eigenvalue weighted by Gasteiger charge is -2.29. The Morgan fingerprint density at radius 1 is 0.971 bits per heavy atom. The topological polar surface area (TPSA) is 84.5 Å². The van der Waals surface area contributed by atoms with E-state index in [-0.39, 0.29) is 11.7 Å². The van der Waals surface area contributed by atoms with Crippen molar-refractivity contribution >= 4 is 22.5 Å². The summed E-state index contributed by atoms with van der Waals surface area (Å²) in [4.78, 5) is 17.7. The summed E-state index contributed by atoms with van der Waals surface area (Å²) in [7, 11) is 0. The molecule has 172 valence electrons. The van der Waals surface area contributed by atoms with Gasteiger partial charge < -0.3 is 20.2 Å². The second-order valence-electron chi connectivity index (χ2n) is 9.10. The average molecular weight is 454 g/mol. The molecule has 7 heteroatoms. The van der Waals surface area contributed by atoms with Crippen molar-refractivity contribution in [2.45, 2.75) is 19.5 Å². The summed E-state index contributed by atoms with van der Waals surface area (Å²) >= 11 is 0. The van der Waals surface area contributed by atoms with E-state index in [0.717, 1.165) is 42.8 Å². The number of benzene rings is 3. The minimum Gasteiger partial charge on any atom is -0.507 e. The smallest absolute Gasteiger partial charge is 0.258 e. The van der Waals surface area contributed by atoms with E-state index in [0.29, 0.717) is 30.6 Å². The third kappa shape index (κ3) is 3.78. The van der Waals surface area contributed by atoms with Gasteiger partial charge in [0.2, 0.25) is 0 Å². The predicted molar refractivity (Wildman–Crippen MR) is 132 cm³/mol. The number of carbonyl (C=O) groups is 1. The molecule has 2 aliphatic heterocycles. The van der Waals surface area contributed by atoms with Gasteiger partial charge in [0.15, 0.2) is 0 Å². The average Bonchev–Trinajstić information content (AvgIpc) is 3.47. The first-order chi connectivity index (χ1) is 16.7. The number of aromatic hydroxyl groups is 1. The number of nitrogens with one attached hydrogen (secondary N) is 2. The number of phenols is 1. The van der Waals surface area contributed by atoms with Gasteiger partial charge in [0.05, 0.1) is 11.1 Å². The van der Waals surface area contributed by atoms with Crippen LogP contribution in [0.4, 0.5) is 5.69 Å². The van der Waals surface area contributed by atoms with Gasteiger partial charge in [-0.1, -0.05) is 36.4 Å². The van der Waals surface area contributed by atoms with Crippen LogP contribution in [0.1, 0.15) is 32.7 Å². The van der Waals surface area contributed by atoms with Crippen LogP contribution in [0.25, 0.3) is 10.9 Å². The van der Waals surface area contributed by atoms with E-state index in [1.807, 2.05) is 23.1 Å². The van der Waals surface area contributed by atoms with Crippen molar-refractivity contribution in [1.29, 1.82) is 0 Å². The number of nitrogens with zero attached hydrogens (tertiary/aromatic N) is 3. The van der Waals surface area contributed by atoms with Crippen molar-refractivity contribution < 1.29 is 9.90 Å². The fourth-order valence-corrected chi connectivity index (χ4v) is 5.02. The summed E-state index contributed by atoms with van der Waals surface area (Å²) in [5.74, 6) is -0.195. The van der Waals surface area contributed by atoms with Gasteiger partial charge in [-0.3, -0.25) is 9.89 Å². The molecular formula is C27H27N5O2. The first-order valence-electron chi connectivity index (χ1n) is 11.8. The SMILES string of the molecule is O=C(c1cc2c(Cc3ccccc3)[nH]nc2cc1O)N1Cc2ccc(N3CCNCC3)cc2C1. The van der Waals surface area contributed by atoms with Crippen molar-refractivity contribution in [3.63, 3.8) is 0 Å². The monoisotopic (exact) mass is 453 g/mol. The number of H-pyrrole nitrogens is 1. The minimum atomic E-state index is -0.161. The van der Waals surface area contributed by atoms with E-state index in [4.69, 9.17) is 0 Å². The molecular weight excluding hydrogens is 426 g/mol. The second-order valence-corrected chi connectivity index (χ2v) is 9.10. The van der Waals surface area contributed by atoms with E-state index in [1.54, 1.807) is 12.1 Å². The van der Waals surface area contributed by atoms with Gasteiger partial charge in [-0.05, 0) is 34.9 Å². The quantitative estimate of drug-likeness (QED) is 0.441. The fourth-order valence-electron chi connectivity index (χ4n) is 5.02. The molecule has 3 heterocycles. The number of fused-ring (bicyclic) bond motifs is 2. The highest BCUT2D eigenvalue weighted by Crippen LogP contribution is 2.32. The minimum absolute atomic E-state index is 0.0345. The maximum Gasteiger partial charge on any atom is 0.258 e. The molecule has 1 aromatic heterocycles. The van der Waals surface area contributed by atoms with E-state index >= 15 is 0 Å². The maximum atomic E-state index is 13.5. The first kappa shape index (κ1) is 20.7. The number of rotatable bonds is 4. The largest absolute Gasteiger partial charge is 0.507 e. The molecule has 0 atom stereocenters. The van der Waals surface area contributed by atoms with Gasteiger partial charge >= 0.3 is 0 Å². The Kier molecular flexibility index (Phi) is 5.19. The Labute approximate surface area is 198 Å². The fraction of sp³-hybridized carbons (Fsp3) is 0.259. The standard InChI is InChI=1S/C27H27N5O2/c33-26-15-25-22(24(29-30-25)12-18-4-2-1-3-5-18)14-23(26)27(34)32-16-19-6-7-21(13-20(19)17-32)31-10-8-28-9-11-31/h1-7,13-15,28,33H,8-12,16-17H2,(H,29,30). The molecule has 3 aromatic carbocycles. The Hall–Kier alpha value is -3.84. The third-order valence-corrected chi connectivity index (χ3v) is 6.89. The highest BCUT2D eigenvalue weighted by molar-refractivity contribution is 6.01. The number of phenolic OH excluding ortho intramolecular Hbond substituents is 1. The van der Waals surface area contributed by atoms with Gasteiger partial charge in [0, 0.05) is 68.5 Å². The highest BCUT2D eigenvalue weighted by Gasteiger charge is 2.27. The normalized spacial score (nSPS) is 15.6. The van der Waals surface area contributed by atoms with Crippen molar-refractivity contribution in [3.8, 4) is 5.75 Å². The predicted octanol–water partition coefficient (Wildman–Crippen LogP) is 3.42. The van der Waals surface area contributed by atoms with Crippen LogP contribution < -0.4 is 10.2 Å².